The van der Waals surface area contributed by atoms with Gasteiger partial charge in [-0.25, -0.2) is 9.78 Å². The maximum atomic E-state index is 11.1. The van der Waals surface area contributed by atoms with Crippen LogP contribution in [-0.2, 0) is 0 Å². The van der Waals surface area contributed by atoms with Gasteiger partial charge >= 0.3 is 5.97 Å². The lowest BCUT2D eigenvalue weighted by molar-refractivity contribution is 0.0702. The minimum atomic E-state index is -1.01. The topological polar surface area (TPSA) is 118 Å². The third kappa shape index (κ3) is 2.88. The summed E-state index contributed by atoms with van der Waals surface area (Å²) in [4.78, 5) is 19.8. The molecular weight excluding hydrogens is 340 g/mol. The molecule has 0 unspecified atom stereocenters. The van der Waals surface area contributed by atoms with Crippen LogP contribution >= 0.6 is 11.3 Å². The molecule has 8 nitrogen and oxygen atoms in total. The lowest BCUT2D eigenvalue weighted by Gasteiger charge is -2.08. The minimum absolute atomic E-state index is 0.157. The fraction of sp³-hybridized carbons (Fsp3) is 0. The van der Waals surface area contributed by atoms with Crippen molar-refractivity contribution in [2.75, 3.05) is 0 Å². The normalized spacial score (nSPS) is 10.7. The number of H-pyrrole nitrogens is 1. The Morgan fingerprint density at radius 2 is 1.92 bits per heavy atom. The molecule has 122 valence electrons. The summed E-state index contributed by atoms with van der Waals surface area (Å²) in [5.41, 5.74) is 3.10. The number of hydrogen-bond acceptors (Lipinski definition) is 7. The number of nitrogens with zero attached hydrogens (tertiary/aromatic N) is 5. The van der Waals surface area contributed by atoms with Gasteiger partial charge in [0.25, 0.3) is 0 Å². The van der Waals surface area contributed by atoms with E-state index < -0.39 is 5.97 Å². The third-order valence-electron chi connectivity index (χ3n) is 3.51. The van der Waals surface area contributed by atoms with Crippen LogP contribution in [-0.4, -0.2) is 41.7 Å². The number of nitrogens with one attached hydrogen (secondary N) is 1. The molecule has 4 rings (SSSR count). The molecule has 25 heavy (non-hydrogen) atoms. The van der Waals surface area contributed by atoms with Gasteiger partial charge in [-0.15, -0.1) is 21.5 Å². The number of rotatable bonds is 4. The van der Waals surface area contributed by atoms with Crippen LogP contribution in [0.5, 0.6) is 0 Å². The molecule has 0 spiro atoms. The Bertz CT molecular complexity index is 1030. The summed E-state index contributed by atoms with van der Waals surface area (Å²) in [6, 6.07) is 11.5. The fourth-order valence-electron chi connectivity index (χ4n) is 2.37. The molecule has 0 bridgehead atoms. The molecular formula is C16H10N6O2S. The van der Waals surface area contributed by atoms with Crippen LogP contribution in [0.1, 0.15) is 9.67 Å². The highest BCUT2D eigenvalue weighted by Crippen LogP contribution is 2.33. The Balaban J connectivity index is 1.86. The van der Waals surface area contributed by atoms with E-state index in [2.05, 4.69) is 30.6 Å². The van der Waals surface area contributed by atoms with Gasteiger partial charge in [0.1, 0.15) is 9.88 Å². The predicted octanol–water partition coefficient (Wildman–Crippen LogP) is 2.75. The molecule has 0 aliphatic carbocycles. The first kappa shape index (κ1) is 15.1. The summed E-state index contributed by atoms with van der Waals surface area (Å²) in [7, 11) is 0. The average Bonchev–Trinajstić information content (AvgIpc) is 3.34. The van der Waals surface area contributed by atoms with E-state index in [1.807, 2.05) is 30.3 Å². The zero-order chi connectivity index (χ0) is 17.2. The summed E-state index contributed by atoms with van der Waals surface area (Å²) < 4.78 is 0. The smallest absolute Gasteiger partial charge is 0.347 e. The second-order valence-electron chi connectivity index (χ2n) is 5.05. The van der Waals surface area contributed by atoms with Crippen LogP contribution in [0.3, 0.4) is 0 Å². The number of aromatic amines is 1. The second-order valence-corrected chi connectivity index (χ2v) is 6.08. The van der Waals surface area contributed by atoms with Crippen molar-refractivity contribution in [2.45, 2.75) is 0 Å². The Labute approximate surface area is 145 Å². The van der Waals surface area contributed by atoms with E-state index in [4.69, 9.17) is 5.11 Å². The van der Waals surface area contributed by atoms with Gasteiger partial charge in [-0.2, -0.15) is 5.21 Å². The average molecular weight is 350 g/mol. The molecule has 0 atom stereocenters. The molecule has 3 heterocycles. The van der Waals surface area contributed by atoms with Crippen LogP contribution in [0, 0.1) is 0 Å². The highest BCUT2D eigenvalue weighted by Gasteiger charge is 2.16. The van der Waals surface area contributed by atoms with E-state index in [-0.39, 0.29) is 4.88 Å². The van der Waals surface area contributed by atoms with Crippen LogP contribution in [0.2, 0.25) is 0 Å². The molecule has 0 aliphatic heterocycles. The summed E-state index contributed by atoms with van der Waals surface area (Å²) in [6.45, 7) is 0. The van der Waals surface area contributed by atoms with Crippen molar-refractivity contribution in [3.63, 3.8) is 0 Å². The highest BCUT2D eigenvalue weighted by atomic mass is 32.1. The number of tetrazole rings is 1. The molecule has 1 aromatic carbocycles. The van der Waals surface area contributed by atoms with Crippen molar-refractivity contribution in [1.29, 1.82) is 0 Å². The number of hydrogen-bond donors (Lipinski definition) is 2. The number of aromatic carboxylic acids is 1. The maximum Gasteiger partial charge on any atom is 0.347 e. The van der Waals surface area contributed by atoms with Gasteiger partial charge in [-0.1, -0.05) is 30.3 Å². The van der Waals surface area contributed by atoms with E-state index in [9.17, 15) is 4.79 Å². The number of carboxylic acids is 1. The lowest BCUT2D eigenvalue weighted by Crippen LogP contribution is -1.92. The summed E-state index contributed by atoms with van der Waals surface area (Å²) >= 11 is 1.06. The predicted molar refractivity (Wildman–Crippen MR) is 90.9 cm³/mol. The molecule has 3 aromatic heterocycles. The highest BCUT2D eigenvalue weighted by molar-refractivity contribution is 7.16. The van der Waals surface area contributed by atoms with E-state index in [1.54, 1.807) is 12.3 Å². The zero-order valence-electron chi connectivity index (χ0n) is 12.6. The van der Waals surface area contributed by atoms with E-state index in [0.717, 1.165) is 28.0 Å². The number of aromatic nitrogens is 6. The van der Waals surface area contributed by atoms with Gasteiger partial charge in [0.05, 0.1) is 11.9 Å². The first-order valence-corrected chi connectivity index (χ1v) is 8.03. The summed E-state index contributed by atoms with van der Waals surface area (Å²) in [6.07, 6.45) is 3.03. The molecule has 0 radical (unpaired) electrons. The Hall–Kier alpha value is -3.46. The van der Waals surface area contributed by atoms with Gasteiger partial charge in [0.2, 0.25) is 5.82 Å². The first-order valence-electron chi connectivity index (χ1n) is 7.21. The van der Waals surface area contributed by atoms with Crippen LogP contribution < -0.4 is 0 Å². The molecule has 0 aliphatic rings. The van der Waals surface area contributed by atoms with Crippen molar-refractivity contribution in [2.24, 2.45) is 0 Å². The third-order valence-corrected chi connectivity index (χ3v) is 4.52. The quantitative estimate of drug-likeness (QED) is 0.581. The minimum Gasteiger partial charge on any atom is -0.477 e. The fourth-order valence-corrected chi connectivity index (χ4v) is 3.10. The van der Waals surface area contributed by atoms with Gasteiger partial charge in [-0.05, 0) is 16.8 Å². The largest absolute Gasteiger partial charge is 0.477 e. The summed E-state index contributed by atoms with van der Waals surface area (Å²) in [5.74, 6) is -0.583. The standard InChI is InChI=1S/C16H10N6O2S/c23-16(24)13-8-18-15(25-13)12-6-10(14-19-21-22-20-14)11(7-17-12)9-4-2-1-3-5-9/h1-8H,(H,23,24)(H,19,20,21,22). The van der Waals surface area contributed by atoms with Crippen LogP contribution in [0.4, 0.5) is 0 Å². The zero-order valence-corrected chi connectivity index (χ0v) is 13.4. The van der Waals surface area contributed by atoms with Crippen molar-refractivity contribution < 1.29 is 9.90 Å². The lowest BCUT2D eigenvalue weighted by atomic mass is 10.0. The van der Waals surface area contributed by atoms with Crippen molar-refractivity contribution in [3.05, 3.63) is 53.7 Å². The Kier molecular flexibility index (Phi) is 3.75. The molecule has 9 heteroatoms. The number of carboxylic acid groups (broad SMARTS) is 1. The molecule has 0 saturated heterocycles. The SMILES string of the molecule is O=C(O)c1cnc(-c2cc(-c3nn[nH]n3)c(-c3ccccc3)cn2)s1. The van der Waals surface area contributed by atoms with Crippen LogP contribution in [0.25, 0.3) is 33.2 Å². The maximum absolute atomic E-state index is 11.1. The second kappa shape index (κ2) is 6.21. The first-order chi connectivity index (χ1) is 12.2. The van der Waals surface area contributed by atoms with Gasteiger partial charge in [0.15, 0.2) is 0 Å². The molecule has 0 fully saturated rings. The number of pyridine rings is 1. The van der Waals surface area contributed by atoms with Gasteiger partial charge < -0.3 is 5.11 Å². The number of benzene rings is 1. The monoisotopic (exact) mass is 350 g/mol. The molecule has 0 saturated carbocycles. The number of thiazole rings is 1. The van der Waals surface area contributed by atoms with Crippen molar-refractivity contribution in [1.82, 2.24) is 30.6 Å². The van der Waals surface area contributed by atoms with E-state index >= 15 is 0 Å². The van der Waals surface area contributed by atoms with Gasteiger partial charge in [-0.3, -0.25) is 4.98 Å². The van der Waals surface area contributed by atoms with E-state index in [0.29, 0.717) is 16.5 Å². The Morgan fingerprint density at radius 3 is 2.60 bits per heavy atom. The van der Waals surface area contributed by atoms with E-state index in [1.165, 1.54) is 6.20 Å². The van der Waals surface area contributed by atoms with Crippen molar-refractivity contribution in [3.8, 4) is 33.2 Å². The number of carbonyl (C=O) groups is 1. The molecule has 4 aromatic rings. The molecule has 0 amide bonds. The summed E-state index contributed by atoms with van der Waals surface area (Å²) in [5, 5.41) is 23.7. The van der Waals surface area contributed by atoms with Crippen LogP contribution in [0.15, 0.2) is 48.8 Å². The van der Waals surface area contributed by atoms with Gasteiger partial charge in [0, 0.05) is 17.3 Å². The van der Waals surface area contributed by atoms with Crippen molar-refractivity contribution >= 4 is 17.3 Å². The Morgan fingerprint density at radius 1 is 1.08 bits per heavy atom. The molecule has 2 N–H and O–H groups in total.